The number of carbonyl (C=O) groups is 2. The van der Waals surface area contributed by atoms with Crippen LogP contribution in [0.15, 0.2) is 28.9 Å². The number of halogens is 1. The van der Waals surface area contributed by atoms with Crippen molar-refractivity contribution in [1.82, 2.24) is 4.57 Å². The van der Waals surface area contributed by atoms with Gasteiger partial charge in [-0.05, 0) is 65.3 Å². The van der Waals surface area contributed by atoms with Crippen LogP contribution in [-0.2, 0) is 14.3 Å². The number of carbonyl (C=O) groups excluding carboxylic acids is 2. The highest BCUT2D eigenvalue weighted by atomic mass is 79.9. The van der Waals surface area contributed by atoms with Gasteiger partial charge in [-0.15, -0.1) is 0 Å². The molecule has 0 bridgehead atoms. The number of benzene rings is 1. The molecule has 0 spiro atoms. The SMILES string of the molecule is CC(C)(C)OC(=O)C(O)c1cc(Br)c2ccn(C(=O)OC(C)(C)C)c2c1. The molecular weight excluding hydrogens is 402 g/mol. The van der Waals surface area contributed by atoms with E-state index in [2.05, 4.69) is 15.9 Å². The number of hydrogen-bond acceptors (Lipinski definition) is 5. The molecule has 2 aromatic rings. The fourth-order valence-corrected chi connectivity index (χ4v) is 2.94. The van der Waals surface area contributed by atoms with E-state index in [1.807, 2.05) is 0 Å². The quantitative estimate of drug-likeness (QED) is 0.713. The van der Waals surface area contributed by atoms with Crippen LogP contribution in [0.25, 0.3) is 10.9 Å². The minimum Gasteiger partial charge on any atom is -0.458 e. The van der Waals surface area contributed by atoms with Crippen LogP contribution < -0.4 is 0 Å². The smallest absolute Gasteiger partial charge is 0.418 e. The molecule has 1 unspecified atom stereocenters. The zero-order valence-corrected chi connectivity index (χ0v) is 17.4. The van der Waals surface area contributed by atoms with Crippen molar-refractivity contribution in [2.24, 2.45) is 0 Å². The molecule has 1 N–H and O–H groups in total. The van der Waals surface area contributed by atoms with Gasteiger partial charge in [0.25, 0.3) is 0 Å². The third-order valence-electron chi connectivity index (χ3n) is 3.32. The Bertz CT molecular complexity index is 842. The van der Waals surface area contributed by atoms with Crippen LogP contribution in [0.5, 0.6) is 0 Å². The van der Waals surface area contributed by atoms with Gasteiger partial charge in [0.05, 0.1) is 5.52 Å². The molecule has 0 aliphatic rings. The second kappa shape index (κ2) is 7.04. The molecule has 1 atom stereocenters. The third-order valence-corrected chi connectivity index (χ3v) is 3.97. The lowest BCUT2D eigenvalue weighted by atomic mass is 10.1. The first-order valence-corrected chi connectivity index (χ1v) is 9.02. The predicted octanol–water partition coefficient (Wildman–Crippen LogP) is 4.56. The lowest BCUT2D eigenvalue weighted by molar-refractivity contribution is -0.165. The van der Waals surface area contributed by atoms with Gasteiger partial charge in [-0.1, -0.05) is 15.9 Å². The Kier molecular flexibility index (Phi) is 5.54. The lowest BCUT2D eigenvalue weighted by Gasteiger charge is -2.22. The molecule has 0 aliphatic heterocycles. The molecule has 0 saturated carbocycles. The molecule has 26 heavy (non-hydrogen) atoms. The second-order valence-electron chi connectivity index (χ2n) is 8.04. The normalized spacial score (nSPS) is 13.5. The van der Waals surface area contributed by atoms with E-state index in [9.17, 15) is 14.7 Å². The molecule has 142 valence electrons. The standard InChI is InChI=1S/C19H24BrNO5/c1-18(2,3)25-16(23)15(22)11-9-13(20)12-7-8-21(14(12)10-11)17(24)26-19(4,5)6/h7-10,15,22H,1-6H3. The number of aromatic nitrogens is 1. The maximum absolute atomic E-state index is 12.4. The number of ether oxygens (including phenoxy) is 2. The van der Waals surface area contributed by atoms with Gasteiger partial charge in [-0.25, -0.2) is 9.59 Å². The Balaban J connectivity index is 2.43. The molecule has 0 aliphatic carbocycles. The van der Waals surface area contributed by atoms with Crippen LogP contribution in [0.4, 0.5) is 4.79 Å². The number of fused-ring (bicyclic) bond motifs is 1. The summed E-state index contributed by atoms with van der Waals surface area (Å²) in [5.41, 5.74) is -0.511. The monoisotopic (exact) mass is 425 g/mol. The third kappa shape index (κ3) is 4.86. The van der Waals surface area contributed by atoms with E-state index in [4.69, 9.17) is 9.47 Å². The van der Waals surface area contributed by atoms with Gasteiger partial charge in [-0.3, -0.25) is 4.57 Å². The predicted molar refractivity (Wildman–Crippen MR) is 102 cm³/mol. The Hall–Kier alpha value is -1.86. The summed E-state index contributed by atoms with van der Waals surface area (Å²) in [6, 6.07) is 4.97. The maximum Gasteiger partial charge on any atom is 0.418 e. The number of hydrogen-bond donors (Lipinski definition) is 1. The Labute approximate surface area is 161 Å². The Morgan fingerprint density at radius 3 is 2.19 bits per heavy atom. The minimum atomic E-state index is -1.46. The van der Waals surface area contributed by atoms with Crippen LogP contribution in [0.1, 0.15) is 53.2 Å². The van der Waals surface area contributed by atoms with E-state index in [0.29, 0.717) is 15.6 Å². The summed E-state index contributed by atoms with van der Waals surface area (Å²) in [6.07, 6.45) is -0.409. The molecule has 1 aromatic heterocycles. The van der Waals surface area contributed by atoms with E-state index in [1.165, 1.54) is 4.57 Å². The molecule has 2 rings (SSSR count). The van der Waals surface area contributed by atoms with Crippen LogP contribution in [0, 0.1) is 0 Å². The number of nitrogens with zero attached hydrogens (tertiary/aromatic N) is 1. The van der Waals surface area contributed by atoms with Crippen LogP contribution in [0.2, 0.25) is 0 Å². The van der Waals surface area contributed by atoms with Gasteiger partial charge >= 0.3 is 12.1 Å². The van der Waals surface area contributed by atoms with Crippen molar-refractivity contribution in [3.63, 3.8) is 0 Å². The molecule has 7 heteroatoms. The van der Waals surface area contributed by atoms with Gasteiger partial charge in [0.2, 0.25) is 0 Å². The van der Waals surface area contributed by atoms with E-state index < -0.39 is 29.4 Å². The van der Waals surface area contributed by atoms with Crippen LogP contribution in [0.3, 0.4) is 0 Å². The molecule has 0 saturated heterocycles. The summed E-state index contributed by atoms with van der Waals surface area (Å²) < 4.78 is 12.6. The fraction of sp³-hybridized carbons (Fsp3) is 0.474. The molecular formula is C19H24BrNO5. The van der Waals surface area contributed by atoms with E-state index in [1.54, 1.807) is 65.9 Å². The average Bonchev–Trinajstić information content (AvgIpc) is 2.87. The van der Waals surface area contributed by atoms with Crippen molar-refractivity contribution >= 4 is 38.9 Å². The Morgan fingerprint density at radius 2 is 1.65 bits per heavy atom. The number of esters is 1. The Morgan fingerprint density at radius 1 is 1.08 bits per heavy atom. The second-order valence-corrected chi connectivity index (χ2v) is 8.89. The number of aliphatic hydroxyl groups excluding tert-OH is 1. The molecule has 0 radical (unpaired) electrons. The van der Waals surface area contributed by atoms with Gasteiger partial charge < -0.3 is 14.6 Å². The van der Waals surface area contributed by atoms with Crippen molar-refractivity contribution < 1.29 is 24.2 Å². The summed E-state index contributed by atoms with van der Waals surface area (Å²) in [5, 5.41) is 11.1. The van der Waals surface area contributed by atoms with Gasteiger partial charge in [0.1, 0.15) is 11.2 Å². The highest BCUT2D eigenvalue weighted by Gasteiger charge is 2.26. The average molecular weight is 426 g/mol. The summed E-state index contributed by atoms with van der Waals surface area (Å²) >= 11 is 3.42. The minimum absolute atomic E-state index is 0.321. The van der Waals surface area contributed by atoms with Gasteiger partial charge in [-0.2, -0.15) is 0 Å². The topological polar surface area (TPSA) is 77.8 Å². The molecule has 6 nitrogen and oxygen atoms in total. The van der Waals surface area contributed by atoms with Crippen LogP contribution >= 0.6 is 15.9 Å². The van der Waals surface area contributed by atoms with Crippen molar-refractivity contribution in [1.29, 1.82) is 0 Å². The first-order chi connectivity index (χ1) is 11.8. The number of rotatable bonds is 2. The first-order valence-electron chi connectivity index (χ1n) is 8.23. The maximum atomic E-state index is 12.4. The van der Waals surface area contributed by atoms with E-state index in [-0.39, 0.29) is 0 Å². The highest BCUT2D eigenvalue weighted by molar-refractivity contribution is 9.10. The molecule has 1 heterocycles. The summed E-state index contributed by atoms with van der Waals surface area (Å²) in [4.78, 5) is 24.6. The van der Waals surface area contributed by atoms with Gasteiger partial charge in [0.15, 0.2) is 6.10 Å². The zero-order valence-electron chi connectivity index (χ0n) is 15.8. The summed E-state index contributed by atoms with van der Waals surface area (Å²) in [5.74, 6) is -0.751. The van der Waals surface area contributed by atoms with Crippen molar-refractivity contribution in [2.75, 3.05) is 0 Å². The van der Waals surface area contributed by atoms with Crippen LogP contribution in [-0.4, -0.2) is 32.9 Å². The van der Waals surface area contributed by atoms with Crippen molar-refractivity contribution in [3.05, 3.63) is 34.4 Å². The van der Waals surface area contributed by atoms with Crippen molar-refractivity contribution in [2.45, 2.75) is 58.8 Å². The molecule has 1 aromatic carbocycles. The van der Waals surface area contributed by atoms with E-state index >= 15 is 0 Å². The van der Waals surface area contributed by atoms with Gasteiger partial charge in [0, 0.05) is 16.1 Å². The van der Waals surface area contributed by atoms with E-state index in [0.717, 1.165) is 5.39 Å². The first kappa shape index (κ1) is 20.5. The molecule has 0 amide bonds. The summed E-state index contributed by atoms with van der Waals surface area (Å²) in [7, 11) is 0. The number of aliphatic hydroxyl groups is 1. The lowest BCUT2D eigenvalue weighted by Crippen LogP contribution is -2.28. The largest absolute Gasteiger partial charge is 0.458 e. The summed E-state index contributed by atoms with van der Waals surface area (Å²) in [6.45, 7) is 10.5. The zero-order chi connectivity index (χ0) is 19.9. The molecule has 0 fully saturated rings. The highest BCUT2D eigenvalue weighted by Crippen LogP contribution is 2.31. The fourth-order valence-electron chi connectivity index (χ4n) is 2.34. The van der Waals surface area contributed by atoms with Crippen molar-refractivity contribution in [3.8, 4) is 0 Å².